The molecular formula is C12H13F2NO2. The molecule has 0 spiro atoms. The van der Waals surface area contributed by atoms with E-state index in [0.29, 0.717) is 18.4 Å². The lowest BCUT2D eigenvalue weighted by Crippen LogP contribution is -2.26. The molecule has 2 rings (SSSR count). The van der Waals surface area contributed by atoms with Crippen LogP contribution in [-0.2, 0) is 0 Å². The first-order chi connectivity index (χ1) is 8.03. The van der Waals surface area contributed by atoms with Crippen molar-refractivity contribution in [3.05, 3.63) is 36.4 Å². The number of hydrogen-bond acceptors (Lipinski definition) is 3. The Kier molecular flexibility index (Phi) is 3.02. The highest BCUT2D eigenvalue weighted by Gasteiger charge is 2.44. The number of benzene rings is 1. The molecule has 17 heavy (non-hydrogen) atoms. The Morgan fingerprint density at radius 1 is 1.41 bits per heavy atom. The summed E-state index contributed by atoms with van der Waals surface area (Å²) in [7, 11) is 0. The molecule has 1 aromatic rings. The first-order valence-electron chi connectivity index (χ1n) is 5.29. The minimum absolute atomic E-state index is 0.0292. The SMILES string of the molecule is C=CCC[C@H](N)c1cccc2c1OC(F)(F)O2. The fourth-order valence-electron chi connectivity index (χ4n) is 1.73. The van der Waals surface area contributed by atoms with Crippen LogP contribution in [0.4, 0.5) is 8.78 Å². The maximum Gasteiger partial charge on any atom is 0.586 e. The zero-order valence-electron chi connectivity index (χ0n) is 9.16. The monoisotopic (exact) mass is 241 g/mol. The van der Waals surface area contributed by atoms with Crippen LogP contribution in [0.1, 0.15) is 24.4 Å². The largest absolute Gasteiger partial charge is 0.586 e. The number of alkyl halides is 2. The molecule has 0 radical (unpaired) electrons. The average molecular weight is 241 g/mol. The second-order valence-corrected chi connectivity index (χ2v) is 3.81. The summed E-state index contributed by atoms with van der Waals surface area (Å²) in [6.45, 7) is 3.59. The Hall–Kier alpha value is -1.62. The van der Waals surface area contributed by atoms with Gasteiger partial charge in [0.1, 0.15) is 0 Å². The van der Waals surface area contributed by atoms with E-state index < -0.39 is 6.29 Å². The van der Waals surface area contributed by atoms with E-state index in [1.54, 1.807) is 18.2 Å². The quantitative estimate of drug-likeness (QED) is 0.824. The minimum Gasteiger partial charge on any atom is -0.395 e. The summed E-state index contributed by atoms with van der Waals surface area (Å²) in [5.41, 5.74) is 6.44. The van der Waals surface area contributed by atoms with Gasteiger partial charge < -0.3 is 15.2 Å². The molecule has 1 aliphatic heterocycles. The third-order valence-electron chi connectivity index (χ3n) is 2.54. The Balaban J connectivity index is 2.26. The molecule has 92 valence electrons. The second kappa shape index (κ2) is 4.33. The molecule has 1 aliphatic rings. The van der Waals surface area contributed by atoms with Crippen LogP contribution in [0.5, 0.6) is 11.5 Å². The van der Waals surface area contributed by atoms with Crippen LogP contribution in [0.2, 0.25) is 0 Å². The number of rotatable bonds is 4. The summed E-state index contributed by atoms with van der Waals surface area (Å²) in [6.07, 6.45) is -0.539. The number of hydrogen-bond donors (Lipinski definition) is 1. The first-order valence-corrected chi connectivity index (χ1v) is 5.29. The van der Waals surface area contributed by atoms with Gasteiger partial charge in [0.05, 0.1) is 0 Å². The minimum atomic E-state index is -3.60. The standard InChI is InChI=1S/C12H13F2NO2/c1-2-3-6-9(15)8-5-4-7-10-11(8)17-12(13,14)16-10/h2,4-5,7,9H,1,3,6,15H2/t9-/m0/s1. The molecule has 1 atom stereocenters. The average Bonchev–Trinajstić information content (AvgIpc) is 2.59. The summed E-state index contributed by atoms with van der Waals surface area (Å²) < 4.78 is 34.7. The van der Waals surface area contributed by atoms with Gasteiger partial charge in [-0.05, 0) is 18.9 Å². The Morgan fingerprint density at radius 2 is 2.18 bits per heavy atom. The highest BCUT2D eigenvalue weighted by atomic mass is 19.3. The predicted octanol–water partition coefficient (Wildman–Crippen LogP) is 2.97. The molecular weight excluding hydrogens is 228 g/mol. The highest BCUT2D eigenvalue weighted by Crippen LogP contribution is 2.45. The van der Waals surface area contributed by atoms with Gasteiger partial charge in [-0.1, -0.05) is 18.2 Å². The van der Waals surface area contributed by atoms with Crippen LogP contribution < -0.4 is 15.2 Å². The van der Waals surface area contributed by atoms with E-state index in [4.69, 9.17) is 5.73 Å². The van der Waals surface area contributed by atoms with Gasteiger partial charge in [0, 0.05) is 11.6 Å². The fourth-order valence-corrected chi connectivity index (χ4v) is 1.73. The van der Waals surface area contributed by atoms with Gasteiger partial charge in [0.15, 0.2) is 11.5 Å². The molecule has 0 aliphatic carbocycles. The summed E-state index contributed by atoms with van der Waals surface area (Å²) in [6, 6.07) is 4.34. The van der Waals surface area contributed by atoms with Crippen LogP contribution in [0.25, 0.3) is 0 Å². The second-order valence-electron chi connectivity index (χ2n) is 3.81. The molecule has 0 amide bonds. The van der Waals surface area contributed by atoms with Crippen molar-refractivity contribution in [1.82, 2.24) is 0 Å². The van der Waals surface area contributed by atoms with Gasteiger partial charge in [0.25, 0.3) is 0 Å². The maximum atomic E-state index is 12.9. The van der Waals surface area contributed by atoms with Gasteiger partial charge in [-0.25, -0.2) is 0 Å². The number of fused-ring (bicyclic) bond motifs is 1. The van der Waals surface area contributed by atoms with E-state index in [1.807, 2.05) is 0 Å². The highest BCUT2D eigenvalue weighted by molar-refractivity contribution is 5.50. The first kappa shape index (κ1) is 11.9. The summed E-state index contributed by atoms with van der Waals surface area (Å²) in [4.78, 5) is 0. The van der Waals surface area contributed by atoms with Crippen LogP contribution in [0.3, 0.4) is 0 Å². The van der Waals surface area contributed by atoms with Crippen molar-refractivity contribution in [3.8, 4) is 11.5 Å². The maximum absolute atomic E-state index is 12.9. The van der Waals surface area contributed by atoms with Gasteiger partial charge in [-0.2, -0.15) is 0 Å². The van der Waals surface area contributed by atoms with Gasteiger partial charge in [-0.15, -0.1) is 15.4 Å². The molecule has 0 fully saturated rings. The molecule has 0 unspecified atom stereocenters. The molecule has 2 N–H and O–H groups in total. The van der Waals surface area contributed by atoms with Crippen LogP contribution in [0, 0.1) is 0 Å². The molecule has 1 aromatic carbocycles. The Bertz CT molecular complexity index is 435. The van der Waals surface area contributed by atoms with Crippen molar-refractivity contribution in [3.63, 3.8) is 0 Å². The molecule has 3 nitrogen and oxygen atoms in total. The Morgan fingerprint density at radius 3 is 2.88 bits per heavy atom. The number of ether oxygens (including phenoxy) is 2. The van der Waals surface area contributed by atoms with E-state index >= 15 is 0 Å². The molecule has 5 heteroatoms. The van der Waals surface area contributed by atoms with Crippen molar-refractivity contribution in [2.75, 3.05) is 0 Å². The van der Waals surface area contributed by atoms with Crippen molar-refractivity contribution >= 4 is 0 Å². The topological polar surface area (TPSA) is 44.5 Å². The number of halogens is 2. The van der Waals surface area contributed by atoms with Crippen molar-refractivity contribution in [2.24, 2.45) is 5.73 Å². The fraction of sp³-hybridized carbons (Fsp3) is 0.333. The van der Waals surface area contributed by atoms with E-state index in [-0.39, 0.29) is 17.5 Å². The molecule has 0 saturated carbocycles. The third-order valence-corrected chi connectivity index (χ3v) is 2.54. The number of nitrogens with two attached hydrogens (primary N) is 1. The van der Waals surface area contributed by atoms with E-state index in [2.05, 4.69) is 16.1 Å². The van der Waals surface area contributed by atoms with E-state index in [1.165, 1.54) is 6.07 Å². The van der Waals surface area contributed by atoms with E-state index in [9.17, 15) is 8.78 Å². The summed E-state index contributed by atoms with van der Waals surface area (Å²) >= 11 is 0. The zero-order valence-corrected chi connectivity index (χ0v) is 9.16. The predicted molar refractivity (Wildman–Crippen MR) is 59.0 cm³/mol. The van der Waals surface area contributed by atoms with Crippen molar-refractivity contribution in [2.45, 2.75) is 25.2 Å². The zero-order chi connectivity index (χ0) is 12.5. The van der Waals surface area contributed by atoms with Crippen LogP contribution in [-0.4, -0.2) is 6.29 Å². The summed E-state index contributed by atoms with van der Waals surface area (Å²) in [5, 5.41) is 0. The van der Waals surface area contributed by atoms with Crippen LogP contribution in [0.15, 0.2) is 30.9 Å². The lowest BCUT2D eigenvalue weighted by Gasteiger charge is -2.13. The van der Waals surface area contributed by atoms with Gasteiger partial charge >= 0.3 is 6.29 Å². The normalized spacial score (nSPS) is 17.8. The van der Waals surface area contributed by atoms with Gasteiger partial charge in [-0.3, -0.25) is 0 Å². The molecule has 1 heterocycles. The number of para-hydroxylation sites is 1. The molecule has 0 aromatic heterocycles. The Labute approximate surface area is 97.8 Å². The van der Waals surface area contributed by atoms with Crippen molar-refractivity contribution in [1.29, 1.82) is 0 Å². The summed E-state index contributed by atoms with van der Waals surface area (Å²) in [5.74, 6) is 0.0654. The van der Waals surface area contributed by atoms with Crippen molar-refractivity contribution < 1.29 is 18.3 Å². The number of allylic oxidation sites excluding steroid dienone is 1. The van der Waals surface area contributed by atoms with E-state index in [0.717, 1.165) is 0 Å². The third kappa shape index (κ3) is 2.39. The van der Waals surface area contributed by atoms with Crippen LogP contribution >= 0.6 is 0 Å². The van der Waals surface area contributed by atoms with Gasteiger partial charge in [0.2, 0.25) is 0 Å². The molecule has 0 saturated heterocycles. The lowest BCUT2D eigenvalue weighted by molar-refractivity contribution is -0.287. The lowest BCUT2D eigenvalue weighted by atomic mass is 10.0. The molecule has 0 bridgehead atoms. The smallest absolute Gasteiger partial charge is 0.395 e.